The monoisotopic (exact) mass is 367 g/mol. The molecule has 1 aromatic rings. The van der Waals surface area contributed by atoms with E-state index in [2.05, 4.69) is 12.0 Å². The Morgan fingerprint density at radius 2 is 2.04 bits per heavy atom. The number of nitrogens with zero attached hydrogens (tertiary/aromatic N) is 3. The number of hydrogen-bond acceptors (Lipinski definition) is 4. The average molecular weight is 368 g/mol. The van der Waals surface area contributed by atoms with E-state index in [1.54, 1.807) is 21.7 Å². The van der Waals surface area contributed by atoms with Crippen LogP contribution in [0.3, 0.4) is 0 Å². The van der Waals surface area contributed by atoms with Crippen LogP contribution in [0.25, 0.3) is 6.08 Å². The van der Waals surface area contributed by atoms with E-state index in [-0.39, 0.29) is 17.8 Å². The number of piperidine rings is 1. The molecule has 0 spiro atoms. The highest BCUT2D eigenvalue weighted by Gasteiger charge is 2.27. The summed E-state index contributed by atoms with van der Waals surface area (Å²) in [5, 5.41) is 5.00. The number of rotatable bonds is 6. The highest BCUT2D eigenvalue weighted by atomic mass is 35.5. The van der Waals surface area contributed by atoms with Gasteiger partial charge in [0, 0.05) is 31.3 Å². The van der Waals surface area contributed by atoms with Crippen molar-refractivity contribution in [1.82, 2.24) is 14.7 Å². The van der Waals surface area contributed by atoms with Gasteiger partial charge in [-0.3, -0.25) is 14.3 Å². The number of esters is 1. The van der Waals surface area contributed by atoms with Crippen LogP contribution in [0.4, 0.5) is 0 Å². The third-order valence-electron chi connectivity index (χ3n) is 4.57. The second-order valence-electron chi connectivity index (χ2n) is 6.32. The standard InChI is InChI=1S/C18H26ClN3O3/c1-4-5-10-22-17(19)15(13(2)20-22)6-7-16(23)21-11-8-14(9-12-21)18(24)25-3/h6-7,14H,4-5,8-12H2,1-3H3/b7-6+. The normalized spacial score (nSPS) is 15.8. The minimum Gasteiger partial charge on any atom is -0.469 e. The van der Waals surface area contributed by atoms with E-state index in [1.165, 1.54) is 7.11 Å². The molecule has 1 saturated heterocycles. The number of likely N-dealkylation sites (tertiary alicyclic amines) is 1. The van der Waals surface area contributed by atoms with Gasteiger partial charge in [-0.2, -0.15) is 5.10 Å². The first-order valence-corrected chi connectivity index (χ1v) is 9.13. The summed E-state index contributed by atoms with van der Waals surface area (Å²) in [6.45, 7) is 5.91. The third-order valence-corrected chi connectivity index (χ3v) is 4.97. The van der Waals surface area contributed by atoms with E-state index in [1.807, 2.05) is 6.92 Å². The zero-order chi connectivity index (χ0) is 18.4. The molecule has 2 heterocycles. The summed E-state index contributed by atoms with van der Waals surface area (Å²) in [4.78, 5) is 25.7. The number of unbranched alkanes of at least 4 members (excludes halogenated alkanes) is 1. The Morgan fingerprint density at radius 3 is 2.64 bits per heavy atom. The summed E-state index contributed by atoms with van der Waals surface area (Å²) in [6.07, 6.45) is 6.64. The van der Waals surface area contributed by atoms with Gasteiger partial charge in [0.05, 0.1) is 18.7 Å². The molecule has 2 rings (SSSR count). The number of aryl methyl sites for hydroxylation is 2. The van der Waals surface area contributed by atoms with Crippen molar-refractivity contribution >= 4 is 29.6 Å². The van der Waals surface area contributed by atoms with Gasteiger partial charge in [-0.25, -0.2) is 0 Å². The summed E-state index contributed by atoms with van der Waals surface area (Å²) in [5.74, 6) is -0.365. The predicted molar refractivity (Wildman–Crippen MR) is 97.2 cm³/mol. The topological polar surface area (TPSA) is 64.4 Å². The van der Waals surface area contributed by atoms with Crippen LogP contribution >= 0.6 is 11.6 Å². The van der Waals surface area contributed by atoms with Crippen molar-refractivity contribution in [2.24, 2.45) is 5.92 Å². The Hall–Kier alpha value is -1.82. The van der Waals surface area contributed by atoms with Crippen molar-refractivity contribution < 1.29 is 14.3 Å². The number of ether oxygens (including phenoxy) is 1. The van der Waals surface area contributed by atoms with Gasteiger partial charge in [-0.1, -0.05) is 24.9 Å². The molecule has 1 aromatic heterocycles. The van der Waals surface area contributed by atoms with Crippen LogP contribution in [0.2, 0.25) is 5.15 Å². The molecule has 1 aliphatic rings. The Balaban J connectivity index is 1.97. The van der Waals surface area contributed by atoms with Crippen LogP contribution in [-0.4, -0.2) is 46.8 Å². The fraction of sp³-hybridized carbons (Fsp3) is 0.611. The molecule has 6 nitrogen and oxygen atoms in total. The number of amides is 1. The molecule has 1 fully saturated rings. The molecule has 25 heavy (non-hydrogen) atoms. The van der Waals surface area contributed by atoms with Crippen molar-refractivity contribution in [2.75, 3.05) is 20.2 Å². The third kappa shape index (κ3) is 4.84. The molecule has 0 atom stereocenters. The lowest BCUT2D eigenvalue weighted by Crippen LogP contribution is -2.39. The molecular weight excluding hydrogens is 342 g/mol. The van der Waals surface area contributed by atoms with Gasteiger partial charge in [-0.15, -0.1) is 0 Å². The summed E-state index contributed by atoms with van der Waals surface area (Å²) in [6, 6.07) is 0. The van der Waals surface area contributed by atoms with Crippen molar-refractivity contribution in [3.63, 3.8) is 0 Å². The van der Waals surface area contributed by atoms with Gasteiger partial charge in [0.15, 0.2) is 0 Å². The fourth-order valence-corrected chi connectivity index (χ4v) is 3.30. The van der Waals surface area contributed by atoms with Gasteiger partial charge in [0.2, 0.25) is 5.91 Å². The van der Waals surface area contributed by atoms with Crippen molar-refractivity contribution in [2.45, 2.75) is 46.1 Å². The van der Waals surface area contributed by atoms with Crippen LogP contribution in [-0.2, 0) is 20.9 Å². The van der Waals surface area contributed by atoms with Gasteiger partial charge in [0.1, 0.15) is 5.15 Å². The smallest absolute Gasteiger partial charge is 0.308 e. The average Bonchev–Trinajstić information content (AvgIpc) is 2.90. The minimum absolute atomic E-state index is 0.0694. The largest absolute Gasteiger partial charge is 0.469 e. The van der Waals surface area contributed by atoms with Gasteiger partial charge in [-0.05, 0) is 32.3 Å². The first kappa shape index (κ1) is 19.5. The molecule has 1 amide bonds. The highest BCUT2D eigenvalue weighted by molar-refractivity contribution is 6.31. The first-order chi connectivity index (χ1) is 12.0. The lowest BCUT2D eigenvalue weighted by molar-refractivity contribution is -0.148. The number of hydrogen-bond donors (Lipinski definition) is 0. The summed E-state index contributed by atoms with van der Waals surface area (Å²) < 4.78 is 6.55. The lowest BCUT2D eigenvalue weighted by atomic mass is 9.97. The summed E-state index contributed by atoms with van der Waals surface area (Å²) in [5.41, 5.74) is 1.60. The summed E-state index contributed by atoms with van der Waals surface area (Å²) in [7, 11) is 1.40. The number of halogens is 1. The van der Waals surface area contributed by atoms with E-state index >= 15 is 0 Å². The zero-order valence-electron chi connectivity index (χ0n) is 15.1. The molecule has 138 valence electrons. The maximum absolute atomic E-state index is 12.4. The minimum atomic E-state index is -0.190. The molecule has 0 bridgehead atoms. The second kappa shape index (κ2) is 9.04. The predicted octanol–water partition coefficient (Wildman–Crippen LogP) is 3.07. The Bertz CT molecular complexity index is 646. The molecule has 0 unspecified atom stereocenters. The number of carbonyl (C=O) groups is 2. The van der Waals surface area contributed by atoms with Gasteiger partial charge < -0.3 is 9.64 Å². The quantitative estimate of drug-likeness (QED) is 0.572. The van der Waals surface area contributed by atoms with Crippen LogP contribution < -0.4 is 0 Å². The van der Waals surface area contributed by atoms with E-state index in [0.29, 0.717) is 31.1 Å². The molecule has 0 N–H and O–H groups in total. The molecule has 0 aromatic carbocycles. The fourth-order valence-electron chi connectivity index (χ4n) is 2.97. The van der Waals surface area contributed by atoms with Crippen LogP contribution in [0.15, 0.2) is 6.08 Å². The number of methoxy groups -OCH3 is 1. The summed E-state index contributed by atoms with van der Waals surface area (Å²) >= 11 is 6.38. The maximum Gasteiger partial charge on any atom is 0.308 e. The second-order valence-corrected chi connectivity index (χ2v) is 6.68. The number of carbonyl (C=O) groups excluding carboxylic acids is 2. The van der Waals surface area contributed by atoms with Gasteiger partial charge in [0.25, 0.3) is 0 Å². The van der Waals surface area contributed by atoms with E-state index in [0.717, 1.165) is 30.6 Å². The molecule has 0 saturated carbocycles. The molecular formula is C18H26ClN3O3. The SMILES string of the molecule is CCCCn1nc(C)c(/C=C/C(=O)N2CCC(C(=O)OC)CC2)c1Cl. The van der Waals surface area contributed by atoms with E-state index in [9.17, 15) is 9.59 Å². The van der Waals surface area contributed by atoms with Crippen molar-refractivity contribution in [3.8, 4) is 0 Å². The van der Waals surface area contributed by atoms with Crippen LogP contribution in [0.1, 0.15) is 43.9 Å². The van der Waals surface area contributed by atoms with E-state index in [4.69, 9.17) is 16.3 Å². The molecule has 0 aliphatic carbocycles. The molecule has 7 heteroatoms. The number of aromatic nitrogens is 2. The Morgan fingerprint density at radius 1 is 1.36 bits per heavy atom. The molecule has 1 aliphatic heterocycles. The first-order valence-electron chi connectivity index (χ1n) is 8.75. The van der Waals surface area contributed by atoms with Gasteiger partial charge >= 0.3 is 5.97 Å². The Labute approximate surface area is 153 Å². The lowest BCUT2D eigenvalue weighted by Gasteiger charge is -2.29. The van der Waals surface area contributed by atoms with Crippen LogP contribution in [0, 0.1) is 12.8 Å². The maximum atomic E-state index is 12.4. The van der Waals surface area contributed by atoms with Crippen molar-refractivity contribution in [3.05, 3.63) is 22.5 Å². The van der Waals surface area contributed by atoms with Crippen LogP contribution in [0.5, 0.6) is 0 Å². The molecule has 0 radical (unpaired) electrons. The zero-order valence-corrected chi connectivity index (χ0v) is 15.9. The Kier molecular flexibility index (Phi) is 7.05. The van der Waals surface area contributed by atoms with Crippen molar-refractivity contribution in [1.29, 1.82) is 0 Å². The highest BCUT2D eigenvalue weighted by Crippen LogP contribution is 2.23. The van der Waals surface area contributed by atoms with E-state index < -0.39 is 0 Å².